The van der Waals surface area contributed by atoms with Gasteiger partial charge in [0.2, 0.25) is 0 Å². The molecule has 0 N–H and O–H groups in total. The van der Waals surface area contributed by atoms with E-state index in [1.54, 1.807) is 0 Å². The van der Waals surface area contributed by atoms with Crippen molar-refractivity contribution in [2.45, 2.75) is 31.0 Å². The fraction of sp³-hybridized carbons (Fsp3) is 1.00. The number of hydrogen-bond acceptors (Lipinski definition) is 1. The SMILES string of the molecule is CCCCC(Br)CS. The summed E-state index contributed by atoms with van der Waals surface area (Å²) in [5, 5.41) is 0. The smallest absolute Gasteiger partial charge is 0.0233 e. The van der Waals surface area contributed by atoms with Crippen LogP contribution >= 0.6 is 28.6 Å². The molecule has 8 heavy (non-hydrogen) atoms. The van der Waals surface area contributed by atoms with E-state index in [-0.39, 0.29) is 0 Å². The Balaban J connectivity index is 2.86. The van der Waals surface area contributed by atoms with Crippen molar-refractivity contribution in [1.82, 2.24) is 0 Å². The van der Waals surface area contributed by atoms with Gasteiger partial charge in [0.05, 0.1) is 0 Å². The predicted octanol–water partition coefficient (Wildman–Crippen LogP) is 2.87. The standard InChI is InChI=1S/C6H13BrS/c1-2-3-4-6(7)5-8/h6,8H,2-5H2,1H3. The molecule has 0 saturated carbocycles. The molecule has 0 aliphatic carbocycles. The van der Waals surface area contributed by atoms with Gasteiger partial charge in [0.15, 0.2) is 0 Å². The summed E-state index contributed by atoms with van der Waals surface area (Å²) < 4.78 is 0. The molecule has 0 aliphatic rings. The van der Waals surface area contributed by atoms with Crippen LogP contribution in [-0.4, -0.2) is 10.6 Å². The molecular formula is C6H13BrS. The van der Waals surface area contributed by atoms with Gasteiger partial charge in [-0.25, -0.2) is 0 Å². The van der Waals surface area contributed by atoms with Crippen LogP contribution in [-0.2, 0) is 0 Å². The molecule has 0 spiro atoms. The van der Waals surface area contributed by atoms with Crippen LogP contribution < -0.4 is 0 Å². The lowest BCUT2D eigenvalue weighted by Gasteiger charge is -2.01. The first-order valence-electron chi connectivity index (χ1n) is 3.06. The molecular weight excluding hydrogens is 184 g/mol. The Morgan fingerprint density at radius 2 is 2.25 bits per heavy atom. The van der Waals surface area contributed by atoms with E-state index in [2.05, 4.69) is 35.5 Å². The maximum atomic E-state index is 4.14. The summed E-state index contributed by atoms with van der Waals surface area (Å²) in [6, 6.07) is 0. The van der Waals surface area contributed by atoms with Crippen molar-refractivity contribution in [2.24, 2.45) is 0 Å². The summed E-state index contributed by atoms with van der Waals surface area (Å²) >= 11 is 7.64. The van der Waals surface area contributed by atoms with Gasteiger partial charge in [0.25, 0.3) is 0 Å². The van der Waals surface area contributed by atoms with Crippen LogP contribution in [0.4, 0.5) is 0 Å². The van der Waals surface area contributed by atoms with Gasteiger partial charge in [0, 0.05) is 10.6 Å². The summed E-state index contributed by atoms with van der Waals surface area (Å²) in [4.78, 5) is 0.630. The first-order chi connectivity index (χ1) is 3.81. The van der Waals surface area contributed by atoms with Crippen molar-refractivity contribution in [1.29, 1.82) is 0 Å². The van der Waals surface area contributed by atoms with Gasteiger partial charge in [-0.15, -0.1) is 0 Å². The highest BCUT2D eigenvalue weighted by Gasteiger charge is 1.97. The number of thiol groups is 1. The van der Waals surface area contributed by atoms with Crippen molar-refractivity contribution in [3.05, 3.63) is 0 Å². The van der Waals surface area contributed by atoms with E-state index in [1.807, 2.05) is 0 Å². The molecule has 1 unspecified atom stereocenters. The third-order valence-electron chi connectivity index (χ3n) is 1.07. The molecule has 0 aliphatic heterocycles. The number of alkyl halides is 1. The lowest BCUT2D eigenvalue weighted by atomic mass is 10.2. The Bertz CT molecular complexity index is 47.8. The fourth-order valence-electron chi connectivity index (χ4n) is 0.517. The van der Waals surface area contributed by atoms with E-state index < -0.39 is 0 Å². The minimum atomic E-state index is 0.630. The molecule has 2 heteroatoms. The van der Waals surface area contributed by atoms with Crippen LogP contribution in [0.5, 0.6) is 0 Å². The normalized spacial score (nSPS) is 13.9. The van der Waals surface area contributed by atoms with Gasteiger partial charge in [-0.3, -0.25) is 0 Å². The first kappa shape index (κ1) is 8.83. The van der Waals surface area contributed by atoms with Crippen molar-refractivity contribution in [3.63, 3.8) is 0 Å². The molecule has 0 saturated heterocycles. The highest BCUT2D eigenvalue weighted by Crippen LogP contribution is 2.10. The highest BCUT2D eigenvalue weighted by molar-refractivity contribution is 9.09. The van der Waals surface area contributed by atoms with E-state index in [0.29, 0.717) is 4.83 Å². The zero-order valence-electron chi connectivity index (χ0n) is 5.23. The summed E-state index contributed by atoms with van der Waals surface area (Å²) in [6.07, 6.45) is 3.87. The fourth-order valence-corrected chi connectivity index (χ4v) is 1.02. The van der Waals surface area contributed by atoms with Crippen LogP contribution in [0.15, 0.2) is 0 Å². The molecule has 0 heterocycles. The molecule has 0 aromatic heterocycles. The third kappa shape index (κ3) is 4.98. The average Bonchev–Trinajstić information content (AvgIpc) is 1.83. The maximum absolute atomic E-state index is 4.14. The minimum absolute atomic E-state index is 0.630. The average molecular weight is 197 g/mol. The Kier molecular flexibility index (Phi) is 6.58. The molecule has 1 atom stereocenters. The van der Waals surface area contributed by atoms with Gasteiger partial charge < -0.3 is 0 Å². The Labute approximate surface area is 65.6 Å². The molecule has 0 aromatic carbocycles. The molecule has 0 nitrogen and oxygen atoms in total. The van der Waals surface area contributed by atoms with Crippen molar-refractivity contribution < 1.29 is 0 Å². The van der Waals surface area contributed by atoms with Gasteiger partial charge in [-0.2, -0.15) is 12.6 Å². The quantitative estimate of drug-likeness (QED) is 0.520. The second-order valence-corrected chi connectivity index (χ2v) is 3.58. The topological polar surface area (TPSA) is 0 Å². The Morgan fingerprint density at radius 3 is 2.62 bits per heavy atom. The largest absolute Gasteiger partial charge is 0.178 e. The minimum Gasteiger partial charge on any atom is -0.178 e. The summed E-state index contributed by atoms with van der Waals surface area (Å²) in [5.41, 5.74) is 0. The van der Waals surface area contributed by atoms with Crippen molar-refractivity contribution in [3.8, 4) is 0 Å². The van der Waals surface area contributed by atoms with Crippen LogP contribution in [0.2, 0.25) is 0 Å². The van der Waals surface area contributed by atoms with E-state index in [9.17, 15) is 0 Å². The molecule has 0 radical (unpaired) electrons. The maximum Gasteiger partial charge on any atom is 0.0233 e. The molecule has 0 bridgehead atoms. The monoisotopic (exact) mass is 196 g/mol. The van der Waals surface area contributed by atoms with Gasteiger partial charge in [-0.1, -0.05) is 35.7 Å². The summed E-state index contributed by atoms with van der Waals surface area (Å²) in [7, 11) is 0. The van der Waals surface area contributed by atoms with Crippen LogP contribution in [0.1, 0.15) is 26.2 Å². The number of halogens is 1. The van der Waals surface area contributed by atoms with E-state index in [4.69, 9.17) is 0 Å². The lowest BCUT2D eigenvalue weighted by molar-refractivity contribution is 0.724. The van der Waals surface area contributed by atoms with Crippen LogP contribution in [0.3, 0.4) is 0 Å². The molecule has 0 fully saturated rings. The Morgan fingerprint density at radius 1 is 1.62 bits per heavy atom. The van der Waals surface area contributed by atoms with E-state index >= 15 is 0 Å². The first-order valence-corrected chi connectivity index (χ1v) is 4.61. The highest BCUT2D eigenvalue weighted by atomic mass is 79.9. The summed E-state index contributed by atoms with van der Waals surface area (Å²) in [5.74, 6) is 0.958. The zero-order chi connectivity index (χ0) is 6.41. The molecule has 0 amide bonds. The Hall–Kier alpha value is 0.830. The van der Waals surface area contributed by atoms with Crippen LogP contribution in [0, 0.1) is 0 Å². The lowest BCUT2D eigenvalue weighted by Crippen LogP contribution is -1.97. The second kappa shape index (κ2) is 5.96. The van der Waals surface area contributed by atoms with Gasteiger partial charge in [0.1, 0.15) is 0 Å². The van der Waals surface area contributed by atoms with Gasteiger partial charge >= 0.3 is 0 Å². The number of unbranched alkanes of at least 4 members (excludes halogenated alkanes) is 1. The second-order valence-electron chi connectivity index (χ2n) is 1.92. The molecule has 0 rings (SSSR count). The van der Waals surface area contributed by atoms with Gasteiger partial charge in [-0.05, 0) is 6.42 Å². The van der Waals surface area contributed by atoms with Crippen LogP contribution in [0.25, 0.3) is 0 Å². The van der Waals surface area contributed by atoms with Crippen molar-refractivity contribution in [2.75, 3.05) is 5.75 Å². The van der Waals surface area contributed by atoms with E-state index in [0.717, 1.165) is 5.75 Å². The zero-order valence-corrected chi connectivity index (χ0v) is 7.71. The molecule has 0 aromatic rings. The third-order valence-corrected chi connectivity index (χ3v) is 2.79. The molecule has 50 valence electrons. The summed E-state index contributed by atoms with van der Waals surface area (Å²) in [6.45, 7) is 2.21. The number of rotatable bonds is 4. The van der Waals surface area contributed by atoms with Crippen molar-refractivity contribution >= 4 is 28.6 Å². The number of hydrogen-bond donors (Lipinski definition) is 1. The van der Waals surface area contributed by atoms with E-state index in [1.165, 1.54) is 19.3 Å². The predicted molar refractivity (Wildman–Crippen MR) is 46.1 cm³/mol.